The Balaban J connectivity index is 1.37. The van der Waals surface area contributed by atoms with E-state index < -0.39 is 58.0 Å². The number of nitrogens with zero attached hydrogens (tertiary/aromatic N) is 2. The molecule has 0 saturated carbocycles. The van der Waals surface area contributed by atoms with Gasteiger partial charge in [0.25, 0.3) is 0 Å². The summed E-state index contributed by atoms with van der Waals surface area (Å²) in [4.78, 5) is 55.4. The molecule has 3 atom stereocenters. The van der Waals surface area contributed by atoms with Crippen molar-refractivity contribution in [2.75, 3.05) is 24.4 Å². The maximum absolute atomic E-state index is 14.0. The second-order valence-electron chi connectivity index (χ2n) is 10.3. The summed E-state index contributed by atoms with van der Waals surface area (Å²) in [7, 11) is 3.02. The van der Waals surface area contributed by atoms with Crippen LogP contribution in [-0.2, 0) is 27.1 Å². The number of thiazole rings is 1. The lowest BCUT2D eigenvalue weighted by molar-refractivity contribution is -0.137. The Morgan fingerprint density at radius 2 is 1.56 bits per heavy atom. The van der Waals surface area contributed by atoms with Crippen LogP contribution in [-0.4, -0.2) is 41.8 Å². The van der Waals surface area contributed by atoms with Crippen LogP contribution in [0, 0.1) is 5.92 Å². The molecule has 14 heteroatoms. The number of carbonyl (C=O) groups excluding carboxylic acids is 3. The van der Waals surface area contributed by atoms with Crippen molar-refractivity contribution < 1.29 is 37.0 Å². The molecule has 1 fully saturated rings. The van der Waals surface area contributed by atoms with Gasteiger partial charge in [-0.25, -0.2) is 4.90 Å². The van der Waals surface area contributed by atoms with Gasteiger partial charge in [-0.3, -0.25) is 23.7 Å². The summed E-state index contributed by atoms with van der Waals surface area (Å²) in [6.07, 6.45) is -4.60. The second kappa shape index (κ2) is 11.7. The monoisotopic (exact) mass is 655 g/mol. The van der Waals surface area contributed by atoms with Crippen molar-refractivity contribution in [1.82, 2.24) is 4.57 Å². The SMILES string of the molecule is COc1ccc([C@@H]2c3sc(=O)n(CC(=O)Nc4cccc(C(F)(F)F)c4)c3S[C@H]3C(=O)N(c4ccc(OC)cc4)C(=O)[C@@H]23)cc1. The Kier molecular flexibility index (Phi) is 7.95. The van der Waals surface area contributed by atoms with Gasteiger partial charge in [-0.1, -0.05) is 41.3 Å². The number of ether oxygens (including phenoxy) is 2. The summed E-state index contributed by atoms with van der Waals surface area (Å²) in [6, 6.07) is 17.7. The predicted molar refractivity (Wildman–Crippen MR) is 162 cm³/mol. The van der Waals surface area contributed by atoms with Gasteiger partial charge in [0.1, 0.15) is 23.3 Å². The van der Waals surface area contributed by atoms with E-state index in [1.807, 2.05) is 0 Å². The molecular weight excluding hydrogens is 631 g/mol. The molecule has 0 radical (unpaired) electrons. The summed E-state index contributed by atoms with van der Waals surface area (Å²) in [6.45, 7) is -0.509. The Morgan fingerprint density at radius 3 is 2.18 bits per heavy atom. The molecule has 2 aliphatic rings. The Morgan fingerprint density at radius 1 is 0.911 bits per heavy atom. The van der Waals surface area contributed by atoms with Crippen molar-refractivity contribution >= 4 is 52.2 Å². The van der Waals surface area contributed by atoms with Crippen LogP contribution in [0.3, 0.4) is 0 Å². The first-order valence-corrected chi connectivity index (χ1v) is 15.2. The smallest absolute Gasteiger partial charge is 0.416 e. The average molecular weight is 656 g/mol. The van der Waals surface area contributed by atoms with Crippen LogP contribution >= 0.6 is 23.1 Å². The third-order valence-electron chi connectivity index (χ3n) is 7.63. The lowest BCUT2D eigenvalue weighted by Crippen LogP contribution is -2.33. The molecule has 3 heterocycles. The molecule has 4 aromatic rings. The number of aromatic nitrogens is 1. The normalized spacial score (nSPS) is 19.2. The molecule has 3 aromatic carbocycles. The van der Waals surface area contributed by atoms with Gasteiger partial charge < -0.3 is 14.8 Å². The standard InChI is InChI=1S/C31H24F3N3O6S2/c1-42-20-10-6-16(7-11-20)23-24-25(28(40)37(27(24)39)19-8-12-21(43-2)13-9-19)44-29-26(23)45-30(41)36(29)15-22(38)35-18-5-3-4-17(14-18)31(32,33)34/h3-14,23-25H,15H2,1-2H3,(H,35,38)/t23-,24-,25+/m0/s1. The van der Waals surface area contributed by atoms with E-state index in [-0.39, 0.29) is 5.69 Å². The molecule has 2 aliphatic heterocycles. The van der Waals surface area contributed by atoms with Crippen LogP contribution in [0.1, 0.15) is 21.9 Å². The van der Waals surface area contributed by atoms with E-state index in [1.54, 1.807) is 48.5 Å². The number of benzene rings is 3. The van der Waals surface area contributed by atoms with E-state index in [9.17, 15) is 32.3 Å². The number of imide groups is 1. The highest BCUT2D eigenvalue weighted by molar-refractivity contribution is 8.00. The van der Waals surface area contributed by atoms with Crippen LogP contribution in [0.2, 0.25) is 0 Å². The number of fused-ring (bicyclic) bond motifs is 2. The van der Waals surface area contributed by atoms with Crippen molar-refractivity contribution in [3.63, 3.8) is 0 Å². The van der Waals surface area contributed by atoms with Gasteiger partial charge in [0.15, 0.2) is 0 Å². The number of halogens is 3. The molecule has 1 aromatic heterocycles. The zero-order chi connectivity index (χ0) is 32.0. The van der Waals surface area contributed by atoms with Crippen molar-refractivity contribution in [3.05, 3.63) is 98.5 Å². The largest absolute Gasteiger partial charge is 0.497 e. The van der Waals surface area contributed by atoms with Crippen molar-refractivity contribution in [2.24, 2.45) is 5.92 Å². The number of amides is 3. The minimum atomic E-state index is -4.60. The van der Waals surface area contributed by atoms with Gasteiger partial charge in [-0.05, 0) is 60.2 Å². The Hall–Kier alpha value is -4.56. The lowest BCUT2D eigenvalue weighted by atomic mass is 9.83. The number of alkyl halides is 3. The topological polar surface area (TPSA) is 107 Å². The fourth-order valence-electron chi connectivity index (χ4n) is 5.53. The molecule has 1 saturated heterocycles. The minimum absolute atomic E-state index is 0.0810. The first-order chi connectivity index (χ1) is 21.5. The van der Waals surface area contributed by atoms with Crippen molar-refractivity contribution in [1.29, 1.82) is 0 Å². The van der Waals surface area contributed by atoms with Gasteiger partial charge in [-0.2, -0.15) is 13.2 Å². The van der Waals surface area contributed by atoms with Gasteiger partial charge in [0.05, 0.1) is 36.4 Å². The molecule has 45 heavy (non-hydrogen) atoms. The molecule has 3 amide bonds. The number of carbonyl (C=O) groups is 3. The van der Waals surface area contributed by atoms with Gasteiger partial charge in [0, 0.05) is 16.5 Å². The van der Waals surface area contributed by atoms with Crippen molar-refractivity contribution in [3.8, 4) is 11.5 Å². The van der Waals surface area contributed by atoms with Gasteiger partial charge >= 0.3 is 11.0 Å². The summed E-state index contributed by atoms with van der Waals surface area (Å²) < 4.78 is 51.2. The van der Waals surface area contributed by atoms with Gasteiger partial charge in [-0.15, -0.1) is 0 Å². The quantitative estimate of drug-likeness (QED) is 0.267. The molecule has 9 nitrogen and oxygen atoms in total. The van der Waals surface area contributed by atoms with E-state index in [2.05, 4.69) is 5.32 Å². The molecule has 0 bridgehead atoms. The fraction of sp³-hybridized carbons (Fsp3) is 0.226. The first kappa shape index (κ1) is 30.5. The third-order valence-corrected chi connectivity index (χ3v) is 10.2. The summed E-state index contributed by atoms with van der Waals surface area (Å²) >= 11 is 1.90. The van der Waals surface area contributed by atoms with E-state index in [0.717, 1.165) is 40.1 Å². The Labute approximate surface area is 262 Å². The van der Waals surface area contributed by atoms with Crippen LogP contribution in [0.15, 0.2) is 82.6 Å². The lowest BCUT2D eigenvalue weighted by Gasteiger charge is -2.30. The molecule has 0 aliphatic carbocycles. The number of anilines is 2. The number of hydrogen-bond donors (Lipinski definition) is 1. The van der Waals surface area contributed by atoms with E-state index in [0.29, 0.717) is 32.7 Å². The first-order valence-electron chi connectivity index (χ1n) is 13.5. The fourth-order valence-corrected chi connectivity index (χ4v) is 8.30. The molecular formula is C31H24F3N3O6S2. The maximum Gasteiger partial charge on any atom is 0.416 e. The zero-order valence-corrected chi connectivity index (χ0v) is 25.3. The predicted octanol–water partition coefficient (Wildman–Crippen LogP) is 5.38. The number of hydrogen-bond acceptors (Lipinski definition) is 8. The summed E-state index contributed by atoms with van der Waals surface area (Å²) in [5.74, 6) is -2.04. The number of thioether (sulfide) groups is 1. The van der Waals surface area contributed by atoms with Crippen LogP contribution in [0.5, 0.6) is 11.5 Å². The number of methoxy groups -OCH3 is 2. The average Bonchev–Trinajstić information content (AvgIpc) is 3.47. The molecule has 0 spiro atoms. The highest BCUT2D eigenvalue weighted by atomic mass is 32.2. The zero-order valence-electron chi connectivity index (χ0n) is 23.7. The summed E-state index contributed by atoms with van der Waals surface area (Å²) in [5.41, 5.74) is 0.0324. The second-order valence-corrected chi connectivity index (χ2v) is 12.4. The highest BCUT2D eigenvalue weighted by Gasteiger charge is 2.56. The molecule has 232 valence electrons. The molecule has 1 N–H and O–H groups in total. The highest BCUT2D eigenvalue weighted by Crippen LogP contribution is 2.54. The van der Waals surface area contributed by atoms with Crippen LogP contribution in [0.4, 0.5) is 24.5 Å². The molecule has 0 unspecified atom stereocenters. The Bertz CT molecular complexity index is 1850. The van der Waals surface area contributed by atoms with Crippen LogP contribution in [0.25, 0.3) is 0 Å². The minimum Gasteiger partial charge on any atom is -0.497 e. The third kappa shape index (κ3) is 5.59. The van der Waals surface area contributed by atoms with Gasteiger partial charge in [0.2, 0.25) is 17.7 Å². The van der Waals surface area contributed by atoms with E-state index >= 15 is 0 Å². The van der Waals surface area contributed by atoms with Crippen molar-refractivity contribution in [2.45, 2.75) is 28.9 Å². The molecule has 6 rings (SSSR count). The maximum atomic E-state index is 14.0. The van der Waals surface area contributed by atoms with E-state index in [4.69, 9.17) is 9.47 Å². The number of rotatable bonds is 7. The van der Waals surface area contributed by atoms with E-state index in [1.165, 1.54) is 30.9 Å². The van der Waals surface area contributed by atoms with Crippen LogP contribution < -0.4 is 24.6 Å². The number of nitrogens with one attached hydrogen (secondary N) is 1. The summed E-state index contributed by atoms with van der Waals surface area (Å²) in [5, 5.41) is 1.87.